The van der Waals surface area contributed by atoms with E-state index in [1.54, 1.807) is 182 Å². The monoisotopic (exact) mass is 1060 g/mol. The number of ketones is 2. The Morgan fingerprint density at radius 2 is 0.671 bits per heavy atom. The molecule has 0 radical (unpaired) electrons. The van der Waals surface area contributed by atoms with Gasteiger partial charge in [0.25, 0.3) is 0 Å². The van der Waals surface area contributed by atoms with Gasteiger partial charge in [0.2, 0.25) is 0 Å². The van der Waals surface area contributed by atoms with Gasteiger partial charge in [0.15, 0.2) is 0 Å². The van der Waals surface area contributed by atoms with Crippen molar-refractivity contribution in [1.29, 1.82) is 21.0 Å². The first kappa shape index (κ1) is 55.3. The molecule has 380 valence electrons. The molecule has 0 atom stereocenters. The van der Waals surface area contributed by atoms with Crippen molar-refractivity contribution in [3.05, 3.63) is 234 Å². The quantitative estimate of drug-likeness (QED) is 0.0268. The van der Waals surface area contributed by atoms with Crippen LogP contribution in [0.1, 0.15) is 25.0 Å². The van der Waals surface area contributed by atoms with Gasteiger partial charge in [-0.05, 0) is 0 Å². The Hall–Kier alpha value is -8.46. The zero-order chi connectivity index (χ0) is 54.8. The average molecular weight is 1060 g/mol. The number of benzene rings is 7. The van der Waals surface area contributed by atoms with Crippen LogP contribution in [-0.4, -0.2) is 31.2 Å². The van der Waals surface area contributed by atoms with E-state index in [1.165, 1.54) is 0 Å². The molecule has 0 saturated carbocycles. The molecule has 7 aromatic carbocycles. The van der Waals surface area contributed by atoms with E-state index < -0.39 is 85.2 Å². The van der Waals surface area contributed by atoms with Crippen molar-refractivity contribution in [3.8, 4) is 30.0 Å². The van der Waals surface area contributed by atoms with Crippen LogP contribution in [0, 0.1) is 45.3 Å². The van der Waals surface area contributed by atoms with Crippen LogP contribution in [0.15, 0.2) is 222 Å². The number of nitrogens with zero attached hydrogens (tertiary/aromatic N) is 4. The number of halogens is 6. The molecule has 0 aliphatic carbocycles. The molecule has 76 heavy (non-hydrogen) atoms. The Bertz CT molecular complexity index is 3070. The van der Waals surface area contributed by atoms with Gasteiger partial charge in [-0.3, -0.25) is 0 Å². The van der Waals surface area contributed by atoms with E-state index in [1.807, 2.05) is 24.3 Å². The number of carbonyl (C=O) groups excluding carboxylic acids is 2. The van der Waals surface area contributed by atoms with E-state index in [2.05, 4.69) is 0 Å². The number of hydrogen-bond acceptors (Lipinski definition) is 9. The predicted molar refractivity (Wildman–Crippen MR) is 283 cm³/mol. The first-order chi connectivity index (χ1) is 36.3. The molecule has 0 fully saturated rings. The van der Waals surface area contributed by atoms with Gasteiger partial charge in [-0.25, -0.2) is 0 Å². The summed E-state index contributed by atoms with van der Waals surface area (Å²) in [6, 6.07) is 57.0. The molecule has 9 nitrogen and oxygen atoms in total. The second-order valence-electron chi connectivity index (χ2n) is 17.4. The van der Waals surface area contributed by atoms with Gasteiger partial charge < -0.3 is 0 Å². The van der Waals surface area contributed by atoms with Crippen LogP contribution >= 0.6 is 13.7 Å². The fourth-order valence-electron chi connectivity index (χ4n) is 9.55. The van der Waals surface area contributed by atoms with Crippen molar-refractivity contribution in [2.75, 3.05) is 12.3 Å². The Kier molecular flexibility index (Phi) is 16.1. The van der Waals surface area contributed by atoms with Gasteiger partial charge >= 0.3 is 437 Å². The van der Waals surface area contributed by atoms with E-state index in [9.17, 15) is 57.0 Å². The molecule has 0 spiro atoms. The molecule has 0 aliphatic rings. The molecule has 0 N–H and O–H groups in total. The summed E-state index contributed by atoms with van der Waals surface area (Å²) in [6.07, 6.45) is -12.1. The zero-order valence-electron chi connectivity index (χ0n) is 40.5. The molecule has 0 heterocycles. The van der Waals surface area contributed by atoms with Crippen molar-refractivity contribution in [3.63, 3.8) is 0 Å². The van der Waals surface area contributed by atoms with Crippen molar-refractivity contribution in [2.45, 2.75) is 26.2 Å². The first-order valence-electron chi connectivity index (χ1n) is 23.1. The number of hydrogen-bond donors (Lipinski definition) is 0. The second-order valence-corrected chi connectivity index (χ2v) is 26.4. The molecule has 0 aliphatic heterocycles. The molecule has 0 amide bonds. The van der Waals surface area contributed by atoms with Crippen molar-refractivity contribution in [1.82, 2.24) is 0 Å². The maximum absolute atomic E-state index is 14.9. The maximum atomic E-state index is 14.9. The van der Waals surface area contributed by atoms with E-state index in [-0.39, 0.29) is 49.0 Å². The SMILES string of the molecule is CC(=O)C(CP(OB(Oc1cc(C(F)(F)F)cc(C(F)(F)F)c1)OP(CC(C(C)=O)=C(C#N)C#N)(c1ccccc1)(c1ccccc1)c1ccccc1)(c1ccccc1)(c1ccccc1)c1ccccc1)=C(C#N)C#N. The third-order valence-electron chi connectivity index (χ3n) is 13.1. The van der Waals surface area contributed by atoms with Gasteiger partial charge in [0, 0.05) is 0 Å². The van der Waals surface area contributed by atoms with Crippen LogP contribution in [0.2, 0.25) is 0 Å². The van der Waals surface area contributed by atoms with Gasteiger partial charge in [-0.1, -0.05) is 0 Å². The normalized spacial score (nSPS) is 12.5. The van der Waals surface area contributed by atoms with Crippen LogP contribution in [0.5, 0.6) is 5.75 Å². The summed E-state index contributed by atoms with van der Waals surface area (Å²) in [5.41, 5.74) is -5.52. The van der Waals surface area contributed by atoms with Crippen LogP contribution in [0.25, 0.3) is 0 Å². The molecule has 0 saturated heterocycles. The van der Waals surface area contributed by atoms with Crippen LogP contribution < -0.4 is 36.5 Å². The molecule has 7 aromatic rings. The number of Topliss-reactive ketones (excluding diaryl/α,β-unsaturated/α-hetero) is 2. The summed E-state index contributed by atoms with van der Waals surface area (Å²) in [7, 11) is -2.59. The third-order valence-corrected chi connectivity index (χ3v) is 24.5. The van der Waals surface area contributed by atoms with E-state index in [0.717, 1.165) is 13.8 Å². The average Bonchev–Trinajstić information content (AvgIpc) is 3.51. The molecule has 0 unspecified atom stereocenters. The Balaban J connectivity index is 1.81. The van der Waals surface area contributed by atoms with Crippen molar-refractivity contribution < 1.29 is 49.5 Å². The van der Waals surface area contributed by atoms with E-state index >= 15 is 0 Å². The fourth-order valence-corrected chi connectivity index (χ4v) is 21.1. The van der Waals surface area contributed by atoms with Gasteiger partial charge in [0.1, 0.15) is 0 Å². The topological polar surface area (TPSA) is 157 Å². The summed E-state index contributed by atoms with van der Waals surface area (Å²) in [6.45, 7) is -8.84. The Morgan fingerprint density at radius 3 is 0.868 bits per heavy atom. The molecular weight excluding hydrogens is 1020 g/mol. The minimum atomic E-state index is -5.55. The number of rotatable bonds is 18. The molecule has 18 heteroatoms. The summed E-state index contributed by atoms with van der Waals surface area (Å²) >= 11 is 0. The van der Waals surface area contributed by atoms with Crippen LogP contribution in [0.4, 0.5) is 26.3 Å². The number of nitriles is 4. The first-order valence-corrected chi connectivity index (χ1v) is 27.8. The summed E-state index contributed by atoms with van der Waals surface area (Å²) in [5, 5.41) is 43.7. The van der Waals surface area contributed by atoms with Crippen molar-refractivity contribution >= 4 is 64.4 Å². The Labute approximate surface area is 435 Å². The third kappa shape index (κ3) is 10.2. The zero-order valence-corrected chi connectivity index (χ0v) is 42.3. The van der Waals surface area contributed by atoms with Crippen molar-refractivity contribution in [2.24, 2.45) is 0 Å². The van der Waals surface area contributed by atoms with E-state index in [0.29, 0.717) is 12.1 Å². The second kappa shape index (κ2) is 22.2. The van der Waals surface area contributed by atoms with Crippen LogP contribution in [-0.2, 0) is 30.8 Å². The standard InChI is InChI=1S/C58H43BF6N4O5P2/c1-42(70)55(44(36-66)37-67)40-75(49-21-9-3-10-22-49,50-23-11-4-12-24-50,51-25-13-5-14-26-51)73-59(72-48-34-46(57(60,61)62)33-47(35-48)58(63,64)65)74-76(52-27-15-6-16-28-52,53-29-17-7-18-30-53,54-31-19-8-20-32-54)41-56(43(2)71)45(38-68)39-69/h3-35H,40-41H2,1-2H3. The summed E-state index contributed by atoms with van der Waals surface area (Å²) < 4.78 is 112. The summed E-state index contributed by atoms with van der Waals surface area (Å²) in [4.78, 5) is 28.5. The minimum absolute atomic E-state index is 0.0795. The molecular formula is C58H43BF6N4O5P2. The number of alkyl halides is 6. The van der Waals surface area contributed by atoms with E-state index in [4.69, 9.17) is 13.5 Å². The molecule has 7 rings (SSSR count). The Morgan fingerprint density at radius 1 is 0.434 bits per heavy atom. The molecule has 0 aromatic heterocycles. The summed E-state index contributed by atoms with van der Waals surface area (Å²) in [5.74, 6) is -2.60. The number of allylic oxidation sites excluding steroid dienone is 4. The predicted octanol–water partition coefficient (Wildman–Crippen LogP) is 10.9. The van der Waals surface area contributed by atoms with Crippen LogP contribution in [0.3, 0.4) is 0 Å². The van der Waals surface area contributed by atoms with Gasteiger partial charge in [-0.15, -0.1) is 0 Å². The van der Waals surface area contributed by atoms with Gasteiger partial charge in [-0.2, -0.15) is 0 Å². The number of carbonyl (C=O) groups is 2. The van der Waals surface area contributed by atoms with Gasteiger partial charge in [0.05, 0.1) is 0 Å². The molecule has 0 bridgehead atoms. The fraction of sp³-hybridized carbons (Fsp3) is 0.103.